The Morgan fingerprint density at radius 1 is 0.684 bits per heavy atom. The summed E-state index contributed by atoms with van der Waals surface area (Å²) in [6.45, 7) is -1.09. The van der Waals surface area contributed by atoms with E-state index < -0.39 is 118 Å². The molecule has 1 amide bonds. The van der Waals surface area contributed by atoms with Gasteiger partial charge in [0.15, 0.2) is 18.9 Å². The van der Waals surface area contributed by atoms with Gasteiger partial charge in [-0.05, 0) is 0 Å². The van der Waals surface area contributed by atoms with Crippen LogP contribution < -0.4 is 5.32 Å². The molecular weight excluding hydrogens is 522 g/mol. The van der Waals surface area contributed by atoms with E-state index in [1.54, 1.807) is 0 Å². The van der Waals surface area contributed by atoms with Gasteiger partial charge in [0.25, 0.3) is 0 Å². The molecule has 0 radical (unpaired) electrons. The van der Waals surface area contributed by atoms with E-state index in [1.165, 1.54) is 7.11 Å². The van der Waals surface area contributed by atoms with Crippen LogP contribution in [0.4, 0.5) is 0 Å². The predicted octanol–water partition coefficient (Wildman–Crippen LogP) is -6.78. The lowest BCUT2D eigenvalue weighted by atomic mass is 9.94. The Morgan fingerprint density at radius 2 is 1.24 bits per heavy atom. The molecule has 15 atom stereocenters. The lowest BCUT2D eigenvalue weighted by Gasteiger charge is -2.49. The summed E-state index contributed by atoms with van der Waals surface area (Å²) in [5, 5.41) is 93.2. The van der Waals surface area contributed by atoms with Crippen molar-refractivity contribution in [3.63, 3.8) is 0 Å². The van der Waals surface area contributed by atoms with Crippen molar-refractivity contribution in [3.05, 3.63) is 0 Å². The molecule has 3 rings (SSSR count). The molecule has 3 heterocycles. The summed E-state index contributed by atoms with van der Waals surface area (Å²) in [5.74, 6) is -0.651. The second-order valence-corrected chi connectivity index (χ2v) is 9.28. The van der Waals surface area contributed by atoms with Gasteiger partial charge >= 0.3 is 0 Å². The van der Waals surface area contributed by atoms with Crippen molar-refractivity contribution >= 4 is 5.91 Å². The Hall–Kier alpha value is -1.13. The molecule has 0 saturated carbocycles. The number of carbonyl (C=O) groups is 1. The smallest absolute Gasteiger partial charge is 0.217 e. The van der Waals surface area contributed by atoms with E-state index in [9.17, 15) is 50.8 Å². The fraction of sp³-hybridized carbons (Fsp3) is 0.952. The Labute approximate surface area is 217 Å². The van der Waals surface area contributed by atoms with Crippen LogP contribution in [-0.2, 0) is 33.2 Å². The van der Waals surface area contributed by atoms with Crippen LogP contribution in [0.15, 0.2) is 0 Å². The molecular formula is C21H37NO16. The van der Waals surface area contributed by atoms with Crippen LogP contribution in [0.3, 0.4) is 0 Å². The zero-order valence-corrected chi connectivity index (χ0v) is 20.7. The summed E-state index contributed by atoms with van der Waals surface area (Å²) in [6, 6.07) is -1.40. The summed E-state index contributed by atoms with van der Waals surface area (Å²) < 4.78 is 33.1. The minimum absolute atomic E-state index is 0.651. The first-order valence-electron chi connectivity index (χ1n) is 12.0. The summed E-state index contributed by atoms with van der Waals surface area (Å²) in [6.07, 6.45) is -21.8. The Kier molecular flexibility index (Phi) is 11.1. The summed E-state index contributed by atoms with van der Waals surface area (Å²) >= 11 is 0. The van der Waals surface area contributed by atoms with Crippen LogP contribution in [-0.4, -0.2) is 171 Å². The molecule has 0 aromatic heterocycles. The molecule has 17 nitrogen and oxygen atoms in total. The number of hydrogen-bond donors (Lipinski definition) is 10. The number of methoxy groups -OCH3 is 1. The van der Waals surface area contributed by atoms with Crippen molar-refractivity contribution in [1.29, 1.82) is 0 Å². The lowest BCUT2D eigenvalue weighted by Crippen LogP contribution is -2.69. The predicted molar refractivity (Wildman–Crippen MR) is 118 cm³/mol. The van der Waals surface area contributed by atoms with Crippen molar-refractivity contribution in [3.8, 4) is 0 Å². The van der Waals surface area contributed by atoms with E-state index in [0.29, 0.717) is 0 Å². The zero-order chi connectivity index (χ0) is 28.3. The molecule has 0 unspecified atom stereocenters. The number of aliphatic hydroxyl groups excluding tert-OH is 9. The lowest BCUT2D eigenvalue weighted by molar-refractivity contribution is -0.364. The number of ether oxygens (including phenoxy) is 6. The summed E-state index contributed by atoms with van der Waals surface area (Å²) in [4.78, 5) is 12.1. The third-order valence-electron chi connectivity index (χ3n) is 6.74. The SMILES string of the molecule is CO[C@@H]1[C@@H](O)[C@H](O)O[C@H](CO)[C@@H]1O[C@@H]1O[C@H](CO)[C@H](O)[C@H](O[C@@H]2O[C@H](CO)[C@H](O)[C@H](O)[C@H]2O)[C@H]1NC(C)=O. The molecule has 0 bridgehead atoms. The van der Waals surface area contributed by atoms with Crippen LogP contribution in [0.1, 0.15) is 6.92 Å². The molecule has 3 saturated heterocycles. The summed E-state index contributed by atoms with van der Waals surface area (Å²) in [7, 11) is 1.20. The van der Waals surface area contributed by atoms with Gasteiger partial charge in [-0.1, -0.05) is 0 Å². The minimum atomic E-state index is -1.85. The molecule has 0 aliphatic carbocycles. The van der Waals surface area contributed by atoms with Gasteiger partial charge in [0.1, 0.15) is 73.2 Å². The highest BCUT2D eigenvalue weighted by Gasteiger charge is 2.54. The van der Waals surface area contributed by atoms with E-state index in [4.69, 9.17) is 28.4 Å². The number of nitrogens with one attached hydrogen (secondary N) is 1. The maximum Gasteiger partial charge on any atom is 0.217 e. The Morgan fingerprint density at radius 3 is 1.79 bits per heavy atom. The average Bonchev–Trinajstić information content (AvgIpc) is 2.89. The molecule has 3 aliphatic rings. The number of aliphatic hydroxyl groups is 9. The molecule has 38 heavy (non-hydrogen) atoms. The molecule has 222 valence electrons. The van der Waals surface area contributed by atoms with Crippen LogP contribution in [0, 0.1) is 0 Å². The second kappa shape index (κ2) is 13.5. The zero-order valence-electron chi connectivity index (χ0n) is 20.7. The van der Waals surface area contributed by atoms with Crippen molar-refractivity contribution in [2.45, 2.75) is 99.0 Å². The van der Waals surface area contributed by atoms with Crippen LogP contribution in [0.25, 0.3) is 0 Å². The van der Waals surface area contributed by atoms with Gasteiger partial charge in [0, 0.05) is 14.0 Å². The van der Waals surface area contributed by atoms with Gasteiger partial charge in [-0.25, -0.2) is 0 Å². The van der Waals surface area contributed by atoms with Gasteiger partial charge in [-0.2, -0.15) is 0 Å². The van der Waals surface area contributed by atoms with E-state index in [1.807, 2.05) is 0 Å². The maximum atomic E-state index is 12.1. The second-order valence-electron chi connectivity index (χ2n) is 9.28. The third kappa shape index (κ3) is 6.43. The molecule has 3 aliphatic heterocycles. The maximum absolute atomic E-state index is 12.1. The first-order chi connectivity index (χ1) is 18.0. The summed E-state index contributed by atoms with van der Waals surface area (Å²) in [5.41, 5.74) is 0. The third-order valence-corrected chi connectivity index (χ3v) is 6.74. The topological polar surface area (TPSA) is 267 Å². The highest BCUT2D eigenvalue weighted by atomic mass is 16.7. The Balaban J connectivity index is 1.92. The van der Waals surface area contributed by atoms with Crippen molar-refractivity contribution in [2.75, 3.05) is 26.9 Å². The highest BCUT2D eigenvalue weighted by Crippen LogP contribution is 2.33. The minimum Gasteiger partial charge on any atom is -0.394 e. The molecule has 0 aromatic rings. The van der Waals surface area contributed by atoms with Gasteiger partial charge in [0.2, 0.25) is 5.91 Å². The largest absolute Gasteiger partial charge is 0.394 e. The first-order valence-corrected chi connectivity index (χ1v) is 12.0. The van der Waals surface area contributed by atoms with Crippen LogP contribution in [0.2, 0.25) is 0 Å². The van der Waals surface area contributed by atoms with E-state index in [0.717, 1.165) is 6.92 Å². The van der Waals surface area contributed by atoms with Crippen molar-refractivity contribution in [2.24, 2.45) is 0 Å². The molecule has 0 spiro atoms. The first kappa shape index (κ1) is 31.4. The molecule has 0 aromatic carbocycles. The molecule has 3 fully saturated rings. The van der Waals surface area contributed by atoms with Crippen molar-refractivity contribution < 1.29 is 79.2 Å². The standard InChI is InChI=1S/C21H37NO16/c1-6(26)22-10-17(38-21-14(30)13(29)11(27)7(3-23)36-21)12(28)8(4-24)35-20(10)37-16-9(5-25)34-19(32)15(31)18(16)33-2/h7-21,23-25,27-32H,3-5H2,1-2H3,(H,22,26)/t7-,8-,9-,10-,11+,12+,13+,14-,15-,16+,17-,18-,19-,20+,21+/m1/s1. The number of rotatable bonds is 9. The molecule has 17 heteroatoms. The fourth-order valence-electron chi connectivity index (χ4n) is 4.71. The molecule has 10 N–H and O–H groups in total. The van der Waals surface area contributed by atoms with Gasteiger partial charge in [-0.3, -0.25) is 4.79 Å². The van der Waals surface area contributed by atoms with Crippen LogP contribution in [0.5, 0.6) is 0 Å². The fourth-order valence-corrected chi connectivity index (χ4v) is 4.71. The van der Waals surface area contributed by atoms with Gasteiger partial charge < -0.3 is 79.7 Å². The number of carbonyl (C=O) groups excluding carboxylic acids is 1. The Bertz CT molecular complexity index is 761. The number of amides is 1. The van der Waals surface area contributed by atoms with Crippen LogP contribution >= 0.6 is 0 Å². The highest BCUT2D eigenvalue weighted by molar-refractivity contribution is 5.73. The normalized spacial score (nSPS) is 48.0. The van der Waals surface area contributed by atoms with E-state index in [2.05, 4.69) is 5.32 Å². The monoisotopic (exact) mass is 559 g/mol. The van der Waals surface area contributed by atoms with Gasteiger partial charge in [-0.15, -0.1) is 0 Å². The van der Waals surface area contributed by atoms with Gasteiger partial charge in [0.05, 0.1) is 19.8 Å². The van der Waals surface area contributed by atoms with E-state index in [-0.39, 0.29) is 0 Å². The number of hydrogen-bond acceptors (Lipinski definition) is 16. The quantitative estimate of drug-likeness (QED) is 0.126. The van der Waals surface area contributed by atoms with E-state index >= 15 is 0 Å². The average molecular weight is 560 g/mol. The van der Waals surface area contributed by atoms with Crippen molar-refractivity contribution in [1.82, 2.24) is 5.32 Å².